The molecule has 3 N–H and O–H groups in total. The van der Waals surface area contributed by atoms with Crippen LogP contribution in [0.2, 0.25) is 0 Å². The van der Waals surface area contributed by atoms with Gasteiger partial charge in [0.2, 0.25) is 5.95 Å². The summed E-state index contributed by atoms with van der Waals surface area (Å²) in [5.74, 6) is 7.92. The number of fused-ring (bicyclic) bond motifs is 6. The van der Waals surface area contributed by atoms with E-state index < -0.39 is 4.92 Å². The van der Waals surface area contributed by atoms with Crippen molar-refractivity contribution in [2.45, 2.75) is 305 Å². The third-order valence-corrected chi connectivity index (χ3v) is 26.7. The van der Waals surface area contributed by atoms with Crippen LogP contribution in [0, 0.1) is 68.8 Å². The molecule has 0 saturated heterocycles. The number of benzene rings is 6. The highest BCUT2D eigenvalue weighted by atomic mass is 79.9. The molecule has 8 aromatic rings. The molecule has 6 aliphatic carbocycles. The average molecular weight is 1990 g/mol. The van der Waals surface area contributed by atoms with E-state index >= 15 is 0 Å². The Bertz CT molecular complexity index is 5110. The van der Waals surface area contributed by atoms with Crippen molar-refractivity contribution in [3.63, 3.8) is 0 Å². The number of hydrogen-bond acceptors (Lipinski definition) is 21. The lowest BCUT2D eigenvalue weighted by Crippen LogP contribution is -2.47. The fraction of sp³-hybridized carbons (Fsp3) is 0.500. The molecule has 0 unspecified atom stereocenters. The number of nitro benzene ring substituents is 1. The average Bonchev–Trinajstić information content (AvgIpc) is 1.22. The zero-order chi connectivity index (χ0) is 103. The molecule has 140 heavy (non-hydrogen) atoms. The molecule has 2 heterocycles. The van der Waals surface area contributed by atoms with E-state index in [9.17, 15) is 43.7 Å². The predicted molar refractivity (Wildman–Crippen MR) is 564 cm³/mol. The number of nitro groups is 1. The molecule has 6 aromatic carbocycles. The van der Waals surface area contributed by atoms with E-state index in [1.165, 1.54) is 153 Å². The smallest absolute Gasteiger partial charge is 0.302 e. The van der Waals surface area contributed by atoms with Crippen LogP contribution in [0.3, 0.4) is 0 Å². The molecule has 10 atom stereocenters. The van der Waals surface area contributed by atoms with Gasteiger partial charge in [0.05, 0.1) is 17.3 Å². The Kier molecular flexibility index (Phi) is 52.8. The highest BCUT2D eigenvalue weighted by molar-refractivity contribution is 9.10. The first-order chi connectivity index (χ1) is 66.9. The van der Waals surface area contributed by atoms with Gasteiger partial charge in [-0.2, -0.15) is 9.97 Å². The molecule has 0 radical (unpaired) electrons. The van der Waals surface area contributed by atoms with E-state index in [0.29, 0.717) is 69.0 Å². The summed E-state index contributed by atoms with van der Waals surface area (Å²) in [6.45, 7) is 39.5. The number of nitrogens with one attached hydrogen (secondary N) is 1. The first-order valence-corrected chi connectivity index (χ1v) is 51.0. The van der Waals surface area contributed by atoms with Crippen molar-refractivity contribution in [3.8, 4) is 0 Å². The highest BCUT2D eigenvalue weighted by Gasteiger charge is 2.54. The molecule has 0 aliphatic heterocycles. The van der Waals surface area contributed by atoms with Crippen molar-refractivity contribution in [2.75, 3.05) is 24.3 Å². The number of rotatable bonds is 31. The van der Waals surface area contributed by atoms with Crippen molar-refractivity contribution in [3.05, 3.63) is 276 Å². The molecule has 0 bridgehead atoms. The maximum absolute atomic E-state index is 10.5. The summed E-state index contributed by atoms with van der Waals surface area (Å²) in [5, 5.41) is 13.7. The van der Waals surface area contributed by atoms with Crippen molar-refractivity contribution >= 4 is 92.4 Å². The second-order valence-corrected chi connectivity index (χ2v) is 39.1. The number of allylic oxidation sites excluding steroid dienone is 7. The Hall–Kier alpha value is -11.7. The van der Waals surface area contributed by atoms with Gasteiger partial charge in [0.25, 0.3) is 5.69 Å². The van der Waals surface area contributed by atoms with E-state index in [2.05, 4.69) is 185 Å². The van der Waals surface area contributed by atoms with Gasteiger partial charge in [-0.15, -0.1) is 0 Å². The number of aromatic nitrogens is 4. The second kappa shape index (κ2) is 63.2. The van der Waals surface area contributed by atoms with E-state index in [1.54, 1.807) is 37.8 Å². The quantitative estimate of drug-likeness (QED) is 0.0134. The molecule has 760 valence electrons. The van der Waals surface area contributed by atoms with E-state index in [4.69, 9.17) is 38.9 Å². The van der Waals surface area contributed by atoms with E-state index in [0.717, 1.165) is 141 Å². The monoisotopic (exact) mass is 1980 g/mol. The number of anilines is 2. The summed E-state index contributed by atoms with van der Waals surface area (Å²) in [6, 6.07) is 48.5. The summed E-state index contributed by atoms with van der Waals surface area (Å²) in [4.78, 5) is 96.4. The van der Waals surface area contributed by atoms with Crippen LogP contribution in [-0.4, -0.2) is 85.5 Å². The van der Waals surface area contributed by atoms with Crippen molar-refractivity contribution in [2.24, 2.45) is 58.7 Å². The third-order valence-electron chi connectivity index (χ3n) is 26.2. The maximum Gasteiger partial charge on any atom is 0.302 e. The van der Waals surface area contributed by atoms with Crippen LogP contribution < -0.4 is 11.1 Å². The zero-order valence-electron chi connectivity index (χ0n) is 86.7. The Labute approximate surface area is 842 Å². The fourth-order valence-corrected chi connectivity index (χ4v) is 18.3. The largest absolute Gasteiger partial charge is 0.462 e. The number of nitrogens with two attached hydrogens (primary N) is 1. The molecule has 6 aliphatic rings. The first-order valence-electron chi connectivity index (χ1n) is 50.2. The van der Waals surface area contributed by atoms with Gasteiger partial charge < -0.3 is 48.8 Å². The van der Waals surface area contributed by atoms with Gasteiger partial charge in [-0.3, -0.25) is 43.7 Å². The summed E-state index contributed by atoms with van der Waals surface area (Å²) in [6.07, 6.45) is 43.3. The molecule has 4 fully saturated rings. The summed E-state index contributed by atoms with van der Waals surface area (Å²) in [5.41, 5.74) is 22.4. The standard InChI is InChI=1S/C27H46.C15H20N6.C12H20O2.C11H12O2.3C11H14O2.C9H9BrO2.C9H9NO4/c1-18(2)7-6-8-20(4)22-11-12-24-23(22)13-14-26-25(24)10-9-21-17-19(3)15-16-27(21,26)5;1-2-9-3-6-11(7-9)21-8-17-12-13(18-10-4-5-10)19-15(16)20-14(12)21;1-10(2)6-5-7-11(3)8-9-14-12(4)13;1-10(12)13-9-5-8-11-6-3-2-4-7-11;3*1-3-10-4-6-11(7-5-10)8-13-9(2)12;1-7(11)12-6-8-2-4-9(10)5-3-8;1-7(11)14-6-8-2-4-9(5-3-8)10(12)13/h9,18-20,22-26H,6-8,10-17H2,1-5H3;3,6,8-11H,2,4-5,7H2,1H3,(H3,16,18,19,20);6,8H,5,7,9H2,1-4H3;2-8H,9H2,1H3;3*4-7H,3,8H2,1-2H3;2-5H,6H2,1H3;2-5H,6H2,1H3/b;;11-8+;8-5+;;;;;/t19-,20+,22+,23+,24+,25-,26-,27-;9-,11+;;;;;;;/m01......./s1. The highest BCUT2D eigenvalue weighted by Crippen LogP contribution is 2.63. The molecule has 24 heteroatoms. The molecule has 2 aromatic heterocycles. The number of hydrogen-bond donors (Lipinski definition) is 2. The van der Waals surface area contributed by atoms with E-state index in [1.807, 2.05) is 121 Å². The molecular formula is C116H158BrN7O16. The SMILES string of the molecule is CC(=O)OC/C=C(\C)CCC=C(C)C.CC(=O)OC/C=C/c1ccccc1.CC(=O)OCc1ccc(Br)cc1.CC(=O)OCc1ccc([N+](=O)[O-])cc1.CC(C)CCC[C@@H](C)[C@H]1CC[C@@H]2[C@@H]1CC[C@H]1[C@H]2CC=C2C[C@@H](C)CC[C@@]21C.CC[C@@H]1C=C[C@H](n2cnc3c(NC4CC4)nc(N)nc32)C1.CCc1ccc(COC(C)=O)cc1.CCc1ccc(COC(C)=O)cc1.CCc1ccc(COC(C)=O)cc1. The molecular weight excluding hydrogens is 1830 g/mol. The van der Waals surface area contributed by atoms with Gasteiger partial charge in [0, 0.05) is 71.1 Å². The summed E-state index contributed by atoms with van der Waals surface area (Å²) < 4.78 is 36.8. The lowest BCUT2D eigenvalue weighted by molar-refractivity contribution is -0.384. The molecule has 23 nitrogen and oxygen atoms in total. The number of nitrogens with zero attached hydrogens (tertiary/aromatic N) is 5. The van der Waals surface area contributed by atoms with E-state index in [-0.39, 0.29) is 54.1 Å². The number of esters is 7. The number of imidazole rings is 1. The van der Waals surface area contributed by atoms with Crippen LogP contribution in [0.4, 0.5) is 17.5 Å². The minimum absolute atomic E-state index is 0.0246. The van der Waals surface area contributed by atoms with Gasteiger partial charge in [-0.05, 0) is 275 Å². The van der Waals surface area contributed by atoms with Crippen LogP contribution in [-0.2, 0) is 119 Å². The zero-order valence-corrected chi connectivity index (χ0v) is 88.3. The van der Waals surface area contributed by atoms with Crippen molar-refractivity contribution in [1.29, 1.82) is 0 Å². The van der Waals surface area contributed by atoms with Crippen LogP contribution in [0.5, 0.6) is 0 Å². The summed E-state index contributed by atoms with van der Waals surface area (Å²) >= 11 is 3.32. The van der Waals surface area contributed by atoms with Crippen LogP contribution >= 0.6 is 15.9 Å². The summed E-state index contributed by atoms with van der Waals surface area (Å²) in [7, 11) is 0. The molecule has 4 saturated carbocycles. The third kappa shape index (κ3) is 44.9. The minimum atomic E-state index is -0.477. The maximum atomic E-state index is 10.5. The van der Waals surface area contributed by atoms with Crippen LogP contribution in [0.25, 0.3) is 17.2 Å². The number of carbonyl (C=O) groups is 7. The topological polar surface area (TPSA) is 309 Å². The molecule has 0 amide bonds. The fourth-order valence-electron chi connectivity index (χ4n) is 18.0. The van der Waals surface area contributed by atoms with Gasteiger partial charge in [0.1, 0.15) is 46.2 Å². The Morgan fingerprint density at radius 2 is 1.03 bits per heavy atom. The number of carbonyl (C=O) groups excluding carboxylic acids is 7. The normalized spacial score (nSPS) is 18.9. The number of ether oxygens (including phenoxy) is 7. The van der Waals surface area contributed by atoms with Crippen LogP contribution in [0.15, 0.2) is 216 Å². The Balaban J connectivity index is 0.000000245. The van der Waals surface area contributed by atoms with Gasteiger partial charge >= 0.3 is 41.8 Å². The molecule has 0 spiro atoms. The van der Waals surface area contributed by atoms with Crippen molar-refractivity contribution in [1.82, 2.24) is 19.5 Å². The van der Waals surface area contributed by atoms with Gasteiger partial charge in [0.15, 0.2) is 17.0 Å². The number of aryl methyl sites for hydroxylation is 3. The lowest BCUT2D eigenvalue weighted by atomic mass is 9.49. The minimum Gasteiger partial charge on any atom is -0.462 e. The molecule has 14 rings (SSSR count). The Morgan fingerprint density at radius 1 is 0.557 bits per heavy atom. The second-order valence-electron chi connectivity index (χ2n) is 38.2. The predicted octanol–water partition coefficient (Wildman–Crippen LogP) is 27.4. The van der Waals surface area contributed by atoms with Gasteiger partial charge in [-0.25, -0.2) is 4.98 Å². The lowest BCUT2D eigenvalue weighted by Gasteiger charge is -2.55. The van der Waals surface area contributed by atoms with Crippen molar-refractivity contribution < 1.29 is 71.6 Å². The number of halogens is 1. The number of nitrogen functional groups attached to an aromatic ring is 1. The van der Waals surface area contributed by atoms with Crippen LogP contribution in [0.1, 0.15) is 297 Å². The number of non-ortho nitro benzene ring substituents is 1. The Morgan fingerprint density at radius 3 is 1.48 bits per heavy atom. The van der Waals surface area contributed by atoms with Gasteiger partial charge in [-0.1, -0.05) is 260 Å². The first kappa shape index (κ1) is 117.